The molecule has 1 aromatic heterocycles. The number of hydrogen-bond acceptors (Lipinski definition) is 4. The molecule has 0 saturated carbocycles. The zero-order valence-corrected chi connectivity index (χ0v) is 12.9. The van der Waals surface area contributed by atoms with E-state index in [2.05, 4.69) is 21.2 Å². The molecule has 0 fully saturated rings. The van der Waals surface area contributed by atoms with Crippen LogP contribution in [-0.4, -0.2) is 4.92 Å². The van der Waals surface area contributed by atoms with Crippen molar-refractivity contribution < 1.29 is 4.92 Å². The Hall–Kier alpha value is -0.950. The van der Waals surface area contributed by atoms with Gasteiger partial charge in [0.05, 0.1) is 19.3 Å². The van der Waals surface area contributed by atoms with E-state index in [-0.39, 0.29) is 5.69 Å². The number of nitrogens with zero attached hydrogens (tertiary/aromatic N) is 1. The van der Waals surface area contributed by atoms with E-state index in [1.807, 2.05) is 12.1 Å². The number of halogens is 2. The molecule has 7 heteroatoms. The second-order valence-electron chi connectivity index (χ2n) is 3.80. The van der Waals surface area contributed by atoms with E-state index in [1.165, 1.54) is 6.07 Å². The zero-order valence-electron chi connectivity index (χ0n) is 9.73. The van der Waals surface area contributed by atoms with Gasteiger partial charge in [0.25, 0.3) is 5.69 Å². The highest BCUT2D eigenvalue weighted by Gasteiger charge is 2.15. The van der Waals surface area contributed by atoms with Gasteiger partial charge in [-0.05, 0) is 34.1 Å². The first-order valence-electron chi connectivity index (χ1n) is 5.44. The maximum Gasteiger partial charge on any atom is 0.275 e. The van der Waals surface area contributed by atoms with Gasteiger partial charge in [0.2, 0.25) is 0 Å². The van der Waals surface area contributed by atoms with E-state index in [0.29, 0.717) is 23.7 Å². The molecule has 0 saturated heterocycles. The molecule has 0 spiro atoms. The lowest BCUT2D eigenvalue weighted by atomic mass is 10.2. The lowest BCUT2D eigenvalue weighted by Gasteiger charge is -2.06. The molecular weight excluding hydrogens is 352 g/mol. The Morgan fingerprint density at radius 1 is 1.32 bits per heavy atom. The summed E-state index contributed by atoms with van der Waals surface area (Å²) < 4.78 is 1.06. The van der Waals surface area contributed by atoms with Gasteiger partial charge in [-0.2, -0.15) is 0 Å². The van der Waals surface area contributed by atoms with Crippen LogP contribution >= 0.6 is 38.9 Å². The molecule has 2 rings (SSSR count). The largest absolute Gasteiger partial charge is 0.307 e. The first kappa shape index (κ1) is 14.5. The molecule has 100 valence electrons. The summed E-state index contributed by atoms with van der Waals surface area (Å²) in [6, 6.07) is 8.68. The molecule has 0 aliphatic heterocycles. The van der Waals surface area contributed by atoms with E-state index in [9.17, 15) is 10.1 Å². The van der Waals surface area contributed by atoms with Crippen LogP contribution in [0.5, 0.6) is 0 Å². The van der Waals surface area contributed by atoms with Gasteiger partial charge >= 0.3 is 0 Å². The minimum Gasteiger partial charge on any atom is -0.307 e. The van der Waals surface area contributed by atoms with Gasteiger partial charge in [0.1, 0.15) is 0 Å². The van der Waals surface area contributed by atoms with Crippen LogP contribution in [0.15, 0.2) is 34.1 Å². The van der Waals surface area contributed by atoms with Crippen LogP contribution in [0.2, 0.25) is 5.02 Å². The highest BCUT2D eigenvalue weighted by molar-refractivity contribution is 9.11. The van der Waals surface area contributed by atoms with Gasteiger partial charge in [-0.15, -0.1) is 11.3 Å². The highest BCUT2D eigenvalue weighted by Crippen LogP contribution is 2.26. The first-order valence-corrected chi connectivity index (χ1v) is 7.43. The molecule has 0 bridgehead atoms. The second kappa shape index (κ2) is 6.47. The summed E-state index contributed by atoms with van der Waals surface area (Å²) in [6.07, 6.45) is 0. The Labute approximate surface area is 127 Å². The number of nitrogens with one attached hydrogen (secondary N) is 1. The third-order valence-corrected chi connectivity index (χ3v) is 4.50. The molecule has 2 aromatic rings. The normalized spacial score (nSPS) is 10.6. The van der Waals surface area contributed by atoms with Gasteiger partial charge in [-0.1, -0.05) is 17.7 Å². The predicted octanol–water partition coefficient (Wildman–Crippen LogP) is 4.36. The molecule has 1 aromatic carbocycles. The number of hydrogen-bond donors (Lipinski definition) is 1. The van der Waals surface area contributed by atoms with Crippen molar-refractivity contribution in [2.45, 2.75) is 13.1 Å². The van der Waals surface area contributed by atoms with Crippen molar-refractivity contribution >= 4 is 44.6 Å². The van der Waals surface area contributed by atoms with E-state index < -0.39 is 4.92 Å². The molecule has 0 unspecified atom stereocenters. The zero-order chi connectivity index (χ0) is 13.8. The molecule has 0 amide bonds. The summed E-state index contributed by atoms with van der Waals surface area (Å²) in [7, 11) is 0. The van der Waals surface area contributed by atoms with Crippen molar-refractivity contribution in [2.24, 2.45) is 0 Å². The number of nitro groups is 1. The van der Waals surface area contributed by atoms with Crippen molar-refractivity contribution in [1.82, 2.24) is 5.32 Å². The Balaban J connectivity index is 2.05. The van der Waals surface area contributed by atoms with Crippen LogP contribution in [0.3, 0.4) is 0 Å². The molecule has 1 N–H and O–H groups in total. The molecule has 0 atom stereocenters. The number of thiophene rings is 1. The molecule has 4 nitrogen and oxygen atoms in total. The Morgan fingerprint density at radius 3 is 2.74 bits per heavy atom. The van der Waals surface area contributed by atoms with Crippen molar-refractivity contribution in [2.75, 3.05) is 0 Å². The van der Waals surface area contributed by atoms with Crippen LogP contribution < -0.4 is 5.32 Å². The van der Waals surface area contributed by atoms with Gasteiger partial charge in [0.15, 0.2) is 0 Å². The Kier molecular flexibility index (Phi) is 4.93. The summed E-state index contributed by atoms with van der Waals surface area (Å²) in [5, 5.41) is 14.5. The molecule has 0 aliphatic rings. The molecular formula is C12H10BrClN2O2S. The third-order valence-electron chi connectivity index (χ3n) is 2.52. The fraction of sp³-hybridized carbons (Fsp3) is 0.167. The Morgan fingerprint density at radius 2 is 2.11 bits per heavy atom. The summed E-state index contributed by atoms with van der Waals surface area (Å²) in [6.45, 7) is 1.02. The lowest BCUT2D eigenvalue weighted by Crippen LogP contribution is -2.13. The lowest BCUT2D eigenvalue weighted by molar-refractivity contribution is -0.385. The minimum atomic E-state index is -0.412. The van der Waals surface area contributed by atoms with Gasteiger partial charge in [0, 0.05) is 24.0 Å². The molecule has 19 heavy (non-hydrogen) atoms. The standard InChI is InChI=1S/C12H10BrClN2O2S/c13-12-5-4-8(19-12)6-15-7-9-10(14)2-1-3-11(9)16(17)18/h1-5,15H,6-7H2. The number of benzene rings is 1. The summed E-state index contributed by atoms with van der Waals surface area (Å²) in [5.41, 5.74) is 0.567. The smallest absolute Gasteiger partial charge is 0.275 e. The maximum absolute atomic E-state index is 10.9. The minimum absolute atomic E-state index is 0.0485. The molecule has 1 heterocycles. The predicted molar refractivity (Wildman–Crippen MR) is 80.7 cm³/mol. The Bertz CT molecular complexity index is 603. The van der Waals surface area contributed by atoms with E-state index in [0.717, 1.165) is 8.66 Å². The fourth-order valence-electron chi connectivity index (χ4n) is 1.65. The van der Waals surface area contributed by atoms with Crippen LogP contribution in [0.4, 0.5) is 5.69 Å². The summed E-state index contributed by atoms with van der Waals surface area (Å²) in [4.78, 5) is 11.7. The van der Waals surface area contributed by atoms with Crippen molar-refractivity contribution in [1.29, 1.82) is 0 Å². The quantitative estimate of drug-likeness (QED) is 0.636. The topological polar surface area (TPSA) is 55.2 Å². The number of rotatable bonds is 5. The van der Waals surface area contributed by atoms with Gasteiger partial charge in [-0.25, -0.2) is 0 Å². The van der Waals surface area contributed by atoms with Crippen LogP contribution in [0.1, 0.15) is 10.4 Å². The van der Waals surface area contributed by atoms with Gasteiger partial charge in [-0.3, -0.25) is 10.1 Å². The average Bonchev–Trinajstić information content (AvgIpc) is 2.77. The van der Waals surface area contributed by atoms with Crippen LogP contribution in [0, 0.1) is 10.1 Å². The summed E-state index contributed by atoms with van der Waals surface area (Å²) in [5.74, 6) is 0. The number of nitro benzene ring substituents is 1. The van der Waals surface area contributed by atoms with E-state index >= 15 is 0 Å². The second-order valence-corrected chi connectivity index (χ2v) is 6.76. The van der Waals surface area contributed by atoms with Crippen LogP contribution in [0.25, 0.3) is 0 Å². The third kappa shape index (κ3) is 3.76. The van der Waals surface area contributed by atoms with Crippen molar-refractivity contribution in [3.05, 3.63) is 59.7 Å². The van der Waals surface area contributed by atoms with Gasteiger partial charge < -0.3 is 5.32 Å². The molecule has 0 aliphatic carbocycles. The van der Waals surface area contributed by atoms with Crippen LogP contribution in [-0.2, 0) is 13.1 Å². The molecule has 0 radical (unpaired) electrons. The first-order chi connectivity index (χ1) is 9.08. The average molecular weight is 362 g/mol. The van der Waals surface area contributed by atoms with Crippen molar-refractivity contribution in [3.8, 4) is 0 Å². The van der Waals surface area contributed by atoms with E-state index in [1.54, 1.807) is 23.5 Å². The van der Waals surface area contributed by atoms with E-state index in [4.69, 9.17) is 11.6 Å². The summed E-state index contributed by atoms with van der Waals surface area (Å²) >= 11 is 11.0. The SMILES string of the molecule is O=[N+]([O-])c1cccc(Cl)c1CNCc1ccc(Br)s1. The fourth-order valence-corrected chi connectivity index (χ4v) is 3.34. The maximum atomic E-state index is 10.9. The highest BCUT2D eigenvalue weighted by atomic mass is 79.9. The monoisotopic (exact) mass is 360 g/mol. The van der Waals surface area contributed by atoms with Crippen molar-refractivity contribution in [3.63, 3.8) is 0 Å².